The van der Waals surface area contributed by atoms with E-state index >= 15 is 0 Å². The Hall–Kier alpha value is -3.07. The second kappa shape index (κ2) is 11.2. The smallest absolute Gasteiger partial charge is 0.260 e. The van der Waals surface area contributed by atoms with Crippen LogP contribution in [0.25, 0.3) is 0 Å². The van der Waals surface area contributed by atoms with Gasteiger partial charge in [0, 0.05) is 5.02 Å². The van der Waals surface area contributed by atoms with E-state index in [2.05, 4.69) is 10.5 Å². The summed E-state index contributed by atoms with van der Waals surface area (Å²) < 4.78 is 30.9. The minimum absolute atomic E-state index is 0.218. The Morgan fingerprint density at radius 1 is 1.03 bits per heavy atom. The van der Waals surface area contributed by atoms with Crippen molar-refractivity contribution in [1.82, 2.24) is 5.43 Å². The number of rotatable bonds is 9. The topological polar surface area (TPSA) is 88.1 Å². The zero-order valence-corrected chi connectivity index (χ0v) is 19.9. The Morgan fingerprint density at radius 2 is 1.70 bits per heavy atom. The summed E-state index contributed by atoms with van der Waals surface area (Å²) in [7, 11) is -3.73. The molecule has 0 aliphatic heterocycles. The number of anilines is 1. The minimum Gasteiger partial charge on any atom is -0.489 e. The first-order valence-corrected chi connectivity index (χ1v) is 12.3. The molecule has 7 nitrogen and oxygen atoms in total. The van der Waals surface area contributed by atoms with Gasteiger partial charge in [-0.05, 0) is 59.7 Å². The van der Waals surface area contributed by atoms with E-state index in [-0.39, 0.29) is 10.7 Å². The number of ether oxygens (including phenoxy) is 1. The fraction of sp³-hybridized carbons (Fsp3) is 0.130. The quantitative estimate of drug-likeness (QED) is 0.342. The summed E-state index contributed by atoms with van der Waals surface area (Å²) in [5.41, 5.74) is 4.26. The normalized spacial score (nSPS) is 11.4. The van der Waals surface area contributed by atoms with E-state index in [4.69, 9.17) is 27.9 Å². The molecule has 0 atom stereocenters. The molecule has 0 unspecified atom stereocenters. The lowest BCUT2D eigenvalue weighted by Crippen LogP contribution is -2.39. The van der Waals surface area contributed by atoms with Crippen molar-refractivity contribution in [2.75, 3.05) is 17.1 Å². The van der Waals surface area contributed by atoms with Gasteiger partial charge in [-0.2, -0.15) is 5.10 Å². The molecule has 10 heteroatoms. The summed E-state index contributed by atoms with van der Waals surface area (Å²) in [6, 6.07) is 20.9. The third-order valence-electron chi connectivity index (χ3n) is 4.41. The zero-order chi connectivity index (χ0) is 23.8. The third-order valence-corrected chi connectivity index (χ3v) is 6.11. The van der Waals surface area contributed by atoms with Crippen molar-refractivity contribution < 1.29 is 17.9 Å². The summed E-state index contributed by atoms with van der Waals surface area (Å²) >= 11 is 12.0. The molecule has 0 saturated carbocycles. The fourth-order valence-corrected chi connectivity index (χ4v) is 4.06. The number of hydrazone groups is 1. The van der Waals surface area contributed by atoms with E-state index in [0.29, 0.717) is 17.4 Å². The highest BCUT2D eigenvalue weighted by Gasteiger charge is 2.22. The van der Waals surface area contributed by atoms with Crippen LogP contribution >= 0.6 is 23.2 Å². The van der Waals surface area contributed by atoms with Crippen LogP contribution in [0.4, 0.5) is 5.69 Å². The predicted octanol–water partition coefficient (Wildman–Crippen LogP) is 4.49. The number of halogens is 2. The Bertz CT molecular complexity index is 1230. The number of nitrogens with one attached hydrogen (secondary N) is 1. The molecular weight excluding hydrogens is 485 g/mol. The molecule has 0 fully saturated rings. The van der Waals surface area contributed by atoms with Gasteiger partial charge >= 0.3 is 0 Å². The highest BCUT2D eigenvalue weighted by atomic mass is 35.5. The average molecular weight is 506 g/mol. The van der Waals surface area contributed by atoms with Crippen molar-refractivity contribution in [2.24, 2.45) is 5.10 Å². The monoisotopic (exact) mass is 505 g/mol. The van der Waals surface area contributed by atoms with Crippen molar-refractivity contribution >= 4 is 51.0 Å². The van der Waals surface area contributed by atoms with Gasteiger partial charge < -0.3 is 4.74 Å². The molecule has 0 aliphatic carbocycles. The maximum Gasteiger partial charge on any atom is 0.260 e. The van der Waals surface area contributed by atoms with Crippen LogP contribution in [0.5, 0.6) is 5.75 Å². The average Bonchev–Trinajstić information content (AvgIpc) is 2.78. The second-order valence-electron chi connectivity index (χ2n) is 7.00. The van der Waals surface area contributed by atoms with Gasteiger partial charge in [-0.15, -0.1) is 0 Å². The van der Waals surface area contributed by atoms with Gasteiger partial charge in [-0.3, -0.25) is 9.10 Å². The molecule has 0 bridgehead atoms. The summed E-state index contributed by atoms with van der Waals surface area (Å²) in [5.74, 6) is 0.0641. The number of hydrogen-bond acceptors (Lipinski definition) is 5. The Labute approximate surface area is 202 Å². The number of nitrogens with zero attached hydrogens (tertiary/aromatic N) is 2. The van der Waals surface area contributed by atoms with E-state index in [0.717, 1.165) is 21.7 Å². The third kappa shape index (κ3) is 7.49. The first-order chi connectivity index (χ1) is 15.7. The van der Waals surface area contributed by atoms with Crippen LogP contribution in [-0.4, -0.2) is 33.3 Å². The van der Waals surface area contributed by atoms with Gasteiger partial charge in [0.05, 0.1) is 23.2 Å². The Morgan fingerprint density at radius 3 is 2.33 bits per heavy atom. The van der Waals surface area contributed by atoms with E-state index in [9.17, 15) is 13.2 Å². The fourth-order valence-electron chi connectivity index (χ4n) is 2.78. The molecule has 0 aliphatic rings. The van der Waals surface area contributed by atoms with Gasteiger partial charge in [0.15, 0.2) is 0 Å². The molecule has 0 aromatic heterocycles. The van der Waals surface area contributed by atoms with Crippen molar-refractivity contribution in [3.05, 3.63) is 94.0 Å². The number of benzene rings is 3. The SMILES string of the molecule is CS(=O)(=O)N(CC(=O)N/N=C\c1ccc(OCc2ccc(Cl)cc2)cc1)c1ccccc1Cl. The summed E-state index contributed by atoms with van der Waals surface area (Å²) in [6.45, 7) is -0.0552. The number of para-hydroxylation sites is 1. The molecule has 1 N–H and O–H groups in total. The van der Waals surface area contributed by atoms with Crippen molar-refractivity contribution in [1.29, 1.82) is 0 Å². The van der Waals surface area contributed by atoms with Crippen LogP contribution in [0.1, 0.15) is 11.1 Å². The van der Waals surface area contributed by atoms with Crippen molar-refractivity contribution in [3.63, 3.8) is 0 Å². The molecular formula is C23H21Cl2N3O4S. The highest BCUT2D eigenvalue weighted by Crippen LogP contribution is 2.26. The number of carbonyl (C=O) groups excluding carboxylic acids is 1. The van der Waals surface area contributed by atoms with E-state index in [1.807, 2.05) is 12.1 Å². The Balaban J connectivity index is 1.55. The molecule has 0 radical (unpaired) electrons. The molecule has 0 heterocycles. The maximum atomic E-state index is 12.3. The summed E-state index contributed by atoms with van der Waals surface area (Å²) in [5, 5.41) is 4.78. The van der Waals surface area contributed by atoms with Crippen LogP contribution < -0.4 is 14.5 Å². The van der Waals surface area contributed by atoms with Crippen molar-refractivity contribution in [2.45, 2.75) is 6.61 Å². The first-order valence-electron chi connectivity index (χ1n) is 9.74. The summed E-state index contributed by atoms with van der Waals surface area (Å²) in [4.78, 5) is 12.3. The van der Waals surface area contributed by atoms with Crippen LogP contribution in [0.15, 0.2) is 77.9 Å². The molecule has 33 heavy (non-hydrogen) atoms. The maximum absolute atomic E-state index is 12.3. The van der Waals surface area contributed by atoms with Crippen LogP contribution in [0.2, 0.25) is 10.0 Å². The lowest BCUT2D eigenvalue weighted by Gasteiger charge is -2.22. The van der Waals surface area contributed by atoms with Crippen molar-refractivity contribution in [3.8, 4) is 5.75 Å². The molecule has 1 amide bonds. The van der Waals surface area contributed by atoms with E-state index in [1.54, 1.807) is 54.6 Å². The van der Waals surface area contributed by atoms with E-state index in [1.165, 1.54) is 12.3 Å². The van der Waals surface area contributed by atoms with Gasteiger partial charge in [-0.25, -0.2) is 13.8 Å². The highest BCUT2D eigenvalue weighted by molar-refractivity contribution is 7.92. The summed E-state index contributed by atoms with van der Waals surface area (Å²) in [6.07, 6.45) is 2.45. The number of hydrogen-bond donors (Lipinski definition) is 1. The second-order valence-corrected chi connectivity index (χ2v) is 9.75. The first kappa shape index (κ1) is 24.6. The number of amides is 1. The van der Waals surface area contributed by atoms with Gasteiger partial charge in [0.2, 0.25) is 10.0 Å². The number of sulfonamides is 1. The van der Waals surface area contributed by atoms with Crippen LogP contribution in [0, 0.1) is 0 Å². The molecule has 0 saturated heterocycles. The van der Waals surface area contributed by atoms with E-state index < -0.39 is 22.5 Å². The van der Waals surface area contributed by atoms with Crippen LogP contribution in [-0.2, 0) is 21.4 Å². The van der Waals surface area contributed by atoms with Gasteiger partial charge in [-0.1, -0.05) is 47.5 Å². The van der Waals surface area contributed by atoms with Gasteiger partial charge in [0.25, 0.3) is 5.91 Å². The molecule has 172 valence electrons. The largest absolute Gasteiger partial charge is 0.489 e. The number of carbonyl (C=O) groups is 1. The lowest BCUT2D eigenvalue weighted by atomic mass is 10.2. The molecule has 3 aromatic carbocycles. The van der Waals surface area contributed by atoms with Gasteiger partial charge in [0.1, 0.15) is 18.9 Å². The lowest BCUT2D eigenvalue weighted by molar-refractivity contribution is -0.119. The molecule has 3 rings (SSSR count). The predicted molar refractivity (Wildman–Crippen MR) is 132 cm³/mol. The molecule has 3 aromatic rings. The standard InChI is InChI=1S/C23H21Cl2N3O4S/c1-33(30,31)28(22-5-3-2-4-21(22)25)15-23(29)27-26-14-17-8-12-20(13-9-17)32-16-18-6-10-19(24)11-7-18/h2-14H,15-16H2,1H3,(H,27,29)/b26-14-. The van der Waals surface area contributed by atoms with Crippen LogP contribution in [0.3, 0.4) is 0 Å². The minimum atomic E-state index is -3.73. The Kier molecular flexibility index (Phi) is 8.32. The molecule has 0 spiro atoms. The zero-order valence-electron chi connectivity index (χ0n) is 17.6.